The van der Waals surface area contributed by atoms with Crippen molar-refractivity contribution >= 4 is 12.1 Å². The van der Waals surface area contributed by atoms with Gasteiger partial charge in [0.05, 0.1) is 0 Å². The monoisotopic (exact) mass is 343 g/mol. The second-order valence-electron chi connectivity index (χ2n) is 6.94. The standard InChI is InChI=1S/C21H17N3O2/c25-20-22-23-21(26)24(20)11-3-7-15-12-16-6-1-4-13-9-10-14-5-2-8-17(15)19(14)18(13)16/h1-2,4,6,8-10,12,18H,3,5,7,11H2/t18-/m0/s1. The van der Waals surface area contributed by atoms with Gasteiger partial charge in [0.1, 0.15) is 0 Å². The van der Waals surface area contributed by atoms with Crippen LogP contribution in [0.3, 0.4) is 0 Å². The third-order valence-corrected chi connectivity index (χ3v) is 5.47. The number of amides is 4. The largest absolute Gasteiger partial charge is 0.370 e. The number of rotatable bonds is 4. The van der Waals surface area contributed by atoms with Crippen LogP contribution in [0.4, 0.5) is 9.59 Å². The highest BCUT2D eigenvalue weighted by molar-refractivity contribution is 5.98. The molecule has 0 radical (unpaired) electrons. The molecule has 5 aliphatic rings. The Morgan fingerprint density at radius 2 is 1.88 bits per heavy atom. The fourth-order valence-electron chi connectivity index (χ4n) is 4.30. The smallest absolute Gasteiger partial charge is 0.244 e. The van der Waals surface area contributed by atoms with Crippen molar-refractivity contribution in [1.82, 2.24) is 4.90 Å². The minimum Gasteiger partial charge on any atom is -0.244 e. The van der Waals surface area contributed by atoms with Gasteiger partial charge in [0.25, 0.3) is 0 Å². The number of carbonyl (C=O) groups excluding carboxylic acids is 2. The average molecular weight is 343 g/mol. The molecule has 0 unspecified atom stereocenters. The lowest BCUT2D eigenvalue weighted by Gasteiger charge is -2.37. The van der Waals surface area contributed by atoms with Crippen molar-refractivity contribution in [3.05, 3.63) is 82.0 Å². The zero-order valence-electron chi connectivity index (χ0n) is 14.2. The van der Waals surface area contributed by atoms with Gasteiger partial charge >= 0.3 is 12.1 Å². The Morgan fingerprint density at radius 3 is 2.73 bits per heavy atom. The molecule has 0 spiro atoms. The van der Waals surface area contributed by atoms with Crippen LogP contribution in [0.2, 0.25) is 0 Å². The van der Waals surface area contributed by atoms with Gasteiger partial charge in [-0.05, 0) is 52.7 Å². The van der Waals surface area contributed by atoms with Gasteiger partial charge in [0.15, 0.2) is 0 Å². The summed E-state index contributed by atoms with van der Waals surface area (Å²) in [4.78, 5) is 24.2. The van der Waals surface area contributed by atoms with Gasteiger partial charge in [0, 0.05) is 12.5 Å². The van der Waals surface area contributed by atoms with E-state index in [1.165, 1.54) is 33.4 Å². The third kappa shape index (κ3) is 2.24. The van der Waals surface area contributed by atoms with Crippen molar-refractivity contribution in [2.75, 3.05) is 6.54 Å². The van der Waals surface area contributed by atoms with Crippen LogP contribution >= 0.6 is 0 Å². The maximum atomic E-state index is 11.5. The Morgan fingerprint density at radius 1 is 1.04 bits per heavy atom. The summed E-state index contributed by atoms with van der Waals surface area (Å²) in [5.74, 6) is 0.350. The number of imide groups is 1. The lowest BCUT2D eigenvalue weighted by Crippen LogP contribution is -2.29. The highest BCUT2D eigenvalue weighted by Crippen LogP contribution is 2.49. The number of allylic oxidation sites excluding steroid dienone is 14. The van der Waals surface area contributed by atoms with Crippen molar-refractivity contribution in [3.63, 3.8) is 0 Å². The molecule has 0 fully saturated rings. The molecule has 0 aromatic carbocycles. The minimum absolute atomic E-state index is 0.350. The first-order valence-electron chi connectivity index (χ1n) is 8.90. The maximum Gasteiger partial charge on any atom is 0.370 e. The summed E-state index contributed by atoms with van der Waals surface area (Å²) in [6, 6.07) is -1.11. The van der Waals surface area contributed by atoms with Gasteiger partial charge in [-0.15, -0.1) is 0 Å². The van der Waals surface area contributed by atoms with Crippen LogP contribution in [0, 0.1) is 5.92 Å². The number of nitrogens with zero attached hydrogens (tertiary/aromatic N) is 3. The molecule has 4 amide bonds. The van der Waals surface area contributed by atoms with E-state index in [1.807, 2.05) is 0 Å². The van der Waals surface area contributed by atoms with E-state index >= 15 is 0 Å². The molecule has 5 nitrogen and oxygen atoms in total. The van der Waals surface area contributed by atoms with Crippen molar-refractivity contribution in [2.24, 2.45) is 16.1 Å². The van der Waals surface area contributed by atoms with E-state index in [0.29, 0.717) is 18.9 Å². The van der Waals surface area contributed by atoms with Crippen LogP contribution in [-0.2, 0) is 0 Å². The highest BCUT2D eigenvalue weighted by atomic mass is 16.2. The van der Waals surface area contributed by atoms with Crippen molar-refractivity contribution < 1.29 is 9.59 Å². The molecular formula is C21H17N3O2. The van der Waals surface area contributed by atoms with E-state index < -0.39 is 12.1 Å². The Kier molecular flexibility index (Phi) is 3.35. The molecular weight excluding hydrogens is 326 g/mol. The zero-order chi connectivity index (χ0) is 17.7. The zero-order valence-corrected chi connectivity index (χ0v) is 14.2. The number of hydrogen-bond acceptors (Lipinski definition) is 2. The van der Waals surface area contributed by atoms with Crippen LogP contribution in [0.1, 0.15) is 19.3 Å². The predicted molar refractivity (Wildman–Crippen MR) is 97.3 cm³/mol. The fourth-order valence-corrected chi connectivity index (χ4v) is 4.30. The SMILES string of the molecule is O=C1N=NC(=O)N1CCCC1=CC2=CC=CC3=CC=C4CC=CC1=C4[C@@H]32. The van der Waals surface area contributed by atoms with Crippen LogP contribution in [-0.4, -0.2) is 23.5 Å². The van der Waals surface area contributed by atoms with E-state index in [4.69, 9.17) is 0 Å². The second kappa shape index (κ2) is 5.73. The average Bonchev–Trinajstić information content (AvgIpc) is 2.98. The van der Waals surface area contributed by atoms with Crippen molar-refractivity contribution in [3.8, 4) is 0 Å². The number of urea groups is 2. The van der Waals surface area contributed by atoms with Crippen molar-refractivity contribution in [2.45, 2.75) is 19.3 Å². The molecule has 1 atom stereocenters. The maximum absolute atomic E-state index is 11.5. The van der Waals surface area contributed by atoms with Crippen LogP contribution in [0.25, 0.3) is 0 Å². The topological polar surface area (TPSA) is 62.1 Å². The molecule has 0 aromatic heterocycles. The van der Waals surface area contributed by atoms with E-state index in [-0.39, 0.29) is 0 Å². The Hall–Kier alpha value is -3.08. The predicted octanol–water partition coefficient (Wildman–Crippen LogP) is 4.95. The number of azo groups is 1. The Labute approximate surface area is 151 Å². The van der Waals surface area contributed by atoms with Crippen LogP contribution in [0.15, 0.2) is 92.3 Å². The van der Waals surface area contributed by atoms with Crippen LogP contribution < -0.4 is 0 Å². The van der Waals surface area contributed by atoms with Crippen LogP contribution in [0.5, 0.6) is 0 Å². The molecule has 5 heteroatoms. The van der Waals surface area contributed by atoms with Gasteiger partial charge in [-0.1, -0.05) is 58.8 Å². The molecule has 0 aromatic rings. The molecule has 0 bridgehead atoms. The molecule has 1 heterocycles. The molecule has 4 aliphatic carbocycles. The van der Waals surface area contributed by atoms with E-state index in [2.05, 4.69) is 58.8 Å². The van der Waals surface area contributed by atoms with Gasteiger partial charge in [-0.3, -0.25) is 0 Å². The van der Waals surface area contributed by atoms with Gasteiger partial charge in [-0.2, -0.15) is 0 Å². The van der Waals surface area contributed by atoms with Gasteiger partial charge < -0.3 is 0 Å². The third-order valence-electron chi connectivity index (χ3n) is 5.47. The molecule has 0 saturated carbocycles. The second-order valence-corrected chi connectivity index (χ2v) is 6.94. The minimum atomic E-state index is -0.556. The molecule has 0 N–H and O–H groups in total. The van der Waals surface area contributed by atoms with Gasteiger partial charge in [-0.25, -0.2) is 14.5 Å². The quantitative estimate of drug-likeness (QED) is 0.725. The highest BCUT2D eigenvalue weighted by Gasteiger charge is 2.34. The number of hydrogen-bond donors (Lipinski definition) is 0. The molecule has 0 saturated heterocycles. The molecule has 5 rings (SSSR count). The summed E-state index contributed by atoms with van der Waals surface area (Å²) in [5, 5.41) is 6.61. The van der Waals surface area contributed by atoms with Crippen molar-refractivity contribution in [1.29, 1.82) is 0 Å². The Balaban J connectivity index is 1.42. The molecule has 26 heavy (non-hydrogen) atoms. The van der Waals surface area contributed by atoms with Gasteiger partial charge in [0.2, 0.25) is 0 Å². The first kappa shape index (κ1) is 15.2. The molecule has 1 aliphatic heterocycles. The first-order valence-corrected chi connectivity index (χ1v) is 8.90. The molecule has 128 valence electrons. The lowest BCUT2D eigenvalue weighted by atomic mass is 9.67. The summed E-state index contributed by atoms with van der Waals surface area (Å²) in [6.07, 6.45) is 20.2. The normalized spacial score (nSPS) is 25.2. The summed E-state index contributed by atoms with van der Waals surface area (Å²) in [7, 11) is 0. The Bertz CT molecular complexity index is 965. The fraction of sp³-hybridized carbons (Fsp3) is 0.238. The summed E-state index contributed by atoms with van der Waals surface area (Å²) >= 11 is 0. The van der Waals surface area contributed by atoms with E-state index in [0.717, 1.165) is 17.7 Å². The summed E-state index contributed by atoms with van der Waals surface area (Å²) in [5.41, 5.74) is 8.07. The first-order chi connectivity index (χ1) is 12.7. The summed E-state index contributed by atoms with van der Waals surface area (Å²) < 4.78 is 0. The van der Waals surface area contributed by atoms with E-state index in [9.17, 15) is 9.59 Å². The summed E-state index contributed by atoms with van der Waals surface area (Å²) in [6.45, 7) is 0.352. The lowest BCUT2D eigenvalue weighted by molar-refractivity contribution is 0.205. The number of carbonyl (C=O) groups is 2. The van der Waals surface area contributed by atoms with E-state index in [1.54, 1.807) is 0 Å².